The van der Waals surface area contributed by atoms with Crippen LogP contribution in [-0.4, -0.2) is 56.3 Å². The van der Waals surface area contributed by atoms with E-state index in [1.807, 2.05) is 28.0 Å². The number of piperidine rings is 1. The van der Waals surface area contributed by atoms with E-state index in [-0.39, 0.29) is 23.5 Å². The Balaban J connectivity index is 1.24. The molecule has 3 aromatic rings. The van der Waals surface area contributed by atoms with Crippen LogP contribution in [0.3, 0.4) is 0 Å². The van der Waals surface area contributed by atoms with Gasteiger partial charge >= 0.3 is 6.18 Å². The van der Waals surface area contributed by atoms with Crippen molar-refractivity contribution >= 4 is 17.4 Å². The van der Waals surface area contributed by atoms with E-state index in [1.165, 1.54) is 11.6 Å². The van der Waals surface area contributed by atoms with Crippen molar-refractivity contribution in [1.29, 1.82) is 0 Å². The molecule has 10 heteroatoms. The van der Waals surface area contributed by atoms with Gasteiger partial charge in [0.2, 0.25) is 5.91 Å². The maximum Gasteiger partial charge on any atom is 0.453 e. The van der Waals surface area contributed by atoms with Gasteiger partial charge in [-0.1, -0.05) is 30.3 Å². The number of likely N-dealkylation sites (tertiary alicyclic amines) is 1. The summed E-state index contributed by atoms with van der Waals surface area (Å²) in [6, 6.07) is 13.6. The molecule has 0 radical (unpaired) electrons. The Hall–Kier alpha value is -3.17. The molecule has 2 saturated heterocycles. The van der Waals surface area contributed by atoms with E-state index < -0.39 is 12.0 Å². The van der Waals surface area contributed by atoms with Gasteiger partial charge in [0.05, 0.1) is 0 Å². The lowest BCUT2D eigenvalue weighted by molar-refractivity contribution is -0.146. The number of rotatable bonds is 4. The minimum absolute atomic E-state index is 0.0506. The first-order valence-corrected chi connectivity index (χ1v) is 11.3. The van der Waals surface area contributed by atoms with Gasteiger partial charge in [-0.3, -0.25) is 4.79 Å². The molecule has 0 N–H and O–H groups in total. The summed E-state index contributed by atoms with van der Waals surface area (Å²) >= 11 is 0. The zero-order chi connectivity index (χ0) is 23.0. The van der Waals surface area contributed by atoms with Gasteiger partial charge in [0.25, 0.3) is 5.82 Å². The van der Waals surface area contributed by atoms with Gasteiger partial charge in [0.1, 0.15) is 5.82 Å². The molecule has 0 spiro atoms. The molecule has 33 heavy (non-hydrogen) atoms. The molecule has 4 heterocycles. The average Bonchev–Trinajstić information content (AvgIpc) is 3.46. The van der Waals surface area contributed by atoms with Crippen LogP contribution in [-0.2, 0) is 17.4 Å². The molecule has 0 unspecified atom stereocenters. The minimum atomic E-state index is -4.63. The topological polar surface area (TPSA) is 66.6 Å². The zero-order valence-corrected chi connectivity index (χ0v) is 18.1. The Labute approximate surface area is 189 Å². The van der Waals surface area contributed by atoms with E-state index in [9.17, 15) is 18.0 Å². The van der Waals surface area contributed by atoms with Crippen LogP contribution in [0.2, 0.25) is 0 Å². The first-order valence-electron chi connectivity index (χ1n) is 11.3. The predicted molar refractivity (Wildman–Crippen MR) is 116 cm³/mol. The monoisotopic (exact) mass is 458 g/mol. The SMILES string of the molecule is O=C(C1CCN(c2ccc3nnc(C(F)(F)F)n3n2)CC1)N1CCC[C@H]1Cc1ccccc1. The Morgan fingerprint density at radius 2 is 1.73 bits per heavy atom. The lowest BCUT2D eigenvalue weighted by atomic mass is 9.94. The number of carbonyl (C=O) groups is 1. The second-order valence-electron chi connectivity index (χ2n) is 8.76. The molecule has 5 rings (SSSR count). The summed E-state index contributed by atoms with van der Waals surface area (Å²) in [4.78, 5) is 17.3. The first-order chi connectivity index (χ1) is 15.9. The van der Waals surface area contributed by atoms with E-state index in [0.29, 0.717) is 31.7 Å². The number of nitrogens with zero attached hydrogens (tertiary/aromatic N) is 6. The van der Waals surface area contributed by atoms with Crippen LogP contribution in [0, 0.1) is 5.92 Å². The number of carbonyl (C=O) groups excluding carboxylic acids is 1. The molecule has 174 valence electrons. The number of alkyl halides is 3. The van der Waals surface area contributed by atoms with Crippen LogP contribution in [0.15, 0.2) is 42.5 Å². The van der Waals surface area contributed by atoms with Crippen LogP contribution >= 0.6 is 0 Å². The van der Waals surface area contributed by atoms with E-state index in [4.69, 9.17) is 0 Å². The highest BCUT2D eigenvalue weighted by Crippen LogP contribution is 2.30. The standard InChI is InChI=1S/C23H25F3N6O/c24-23(25,26)22-28-27-19-8-9-20(29-32(19)22)30-13-10-17(11-14-30)21(33)31-12-4-7-18(31)15-16-5-2-1-3-6-16/h1-3,5-6,8-9,17-18H,4,7,10-15H2/t18-/m0/s1. The smallest absolute Gasteiger partial charge is 0.355 e. The molecule has 2 fully saturated rings. The first kappa shape index (κ1) is 21.7. The van der Waals surface area contributed by atoms with Crippen molar-refractivity contribution in [2.24, 2.45) is 5.92 Å². The maximum absolute atomic E-state index is 13.3. The quantitative estimate of drug-likeness (QED) is 0.598. The second kappa shape index (κ2) is 8.64. The molecule has 2 aliphatic heterocycles. The predicted octanol–water partition coefficient (Wildman–Crippen LogP) is 3.59. The van der Waals surface area contributed by atoms with Crippen molar-refractivity contribution in [3.05, 3.63) is 53.9 Å². The molecule has 1 aromatic carbocycles. The van der Waals surface area contributed by atoms with Crippen LogP contribution in [0.25, 0.3) is 5.65 Å². The fraction of sp³-hybridized carbons (Fsp3) is 0.478. The number of halogens is 3. The maximum atomic E-state index is 13.3. The van der Waals surface area contributed by atoms with Gasteiger partial charge in [-0.2, -0.15) is 17.7 Å². The molecule has 0 aliphatic carbocycles. The molecule has 7 nitrogen and oxygen atoms in total. The van der Waals surface area contributed by atoms with Crippen LogP contribution in [0.5, 0.6) is 0 Å². The molecule has 1 atom stereocenters. The fourth-order valence-corrected chi connectivity index (χ4v) is 4.94. The average molecular weight is 458 g/mol. The summed E-state index contributed by atoms with van der Waals surface area (Å²) < 4.78 is 40.2. The van der Waals surface area contributed by atoms with Crippen molar-refractivity contribution < 1.29 is 18.0 Å². The molecular weight excluding hydrogens is 433 g/mol. The third-order valence-electron chi connectivity index (χ3n) is 6.64. The number of fused-ring (bicyclic) bond motifs is 1. The van der Waals surface area contributed by atoms with E-state index in [0.717, 1.165) is 30.3 Å². The Morgan fingerprint density at radius 3 is 2.45 bits per heavy atom. The highest BCUT2D eigenvalue weighted by Gasteiger charge is 2.38. The lowest BCUT2D eigenvalue weighted by Crippen LogP contribution is -2.45. The van der Waals surface area contributed by atoms with Gasteiger partial charge in [-0.15, -0.1) is 15.3 Å². The van der Waals surface area contributed by atoms with E-state index in [2.05, 4.69) is 27.4 Å². The Kier molecular flexibility index (Phi) is 5.67. The van der Waals surface area contributed by atoms with Crippen LogP contribution in [0.4, 0.5) is 19.0 Å². The summed E-state index contributed by atoms with van der Waals surface area (Å²) in [5, 5.41) is 10.9. The van der Waals surface area contributed by atoms with Crippen molar-refractivity contribution in [3.8, 4) is 0 Å². The molecule has 2 aliphatic rings. The van der Waals surface area contributed by atoms with Crippen molar-refractivity contribution in [2.45, 2.75) is 44.3 Å². The molecule has 2 aromatic heterocycles. The minimum Gasteiger partial charge on any atom is -0.355 e. The number of anilines is 1. The molecule has 0 bridgehead atoms. The van der Waals surface area contributed by atoms with Crippen molar-refractivity contribution in [3.63, 3.8) is 0 Å². The normalized spacial score (nSPS) is 20.0. The van der Waals surface area contributed by atoms with Gasteiger partial charge < -0.3 is 9.80 Å². The summed E-state index contributed by atoms with van der Waals surface area (Å²) in [6.45, 7) is 1.92. The highest BCUT2D eigenvalue weighted by molar-refractivity contribution is 5.80. The fourth-order valence-electron chi connectivity index (χ4n) is 4.94. The third kappa shape index (κ3) is 4.38. The lowest BCUT2D eigenvalue weighted by Gasteiger charge is -2.35. The van der Waals surface area contributed by atoms with Crippen LogP contribution < -0.4 is 4.90 Å². The number of benzene rings is 1. The summed E-state index contributed by atoms with van der Waals surface area (Å²) in [5.74, 6) is -0.568. The van der Waals surface area contributed by atoms with E-state index in [1.54, 1.807) is 6.07 Å². The largest absolute Gasteiger partial charge is 0.453 e. The van der Waals surface area contributed by atoms with Gasteiger partial charge in [0.15, 0.2) is 5.65 Å². The Bertz CT molecular complexity index is 1120. The zero-order valence-electron chi connectivity index (χ0n) is 18.1. The molecular formula is C23H25F3N6O. The molecule has 1 amide bonds. The van der Waals surface area contributed by atoms with Gasteiger partial charge in [-0.05, 0) is 49.8 Å². The Morgan fingerprint density at radius 1 is 0.970 bits per heavy atom. The summed E-state index contributed by atoms with van der Waals surface area (Å²) in [5.41, 5.74) is 1.29. The second-order valence-corrected chi connectivity index (χ2v) is 8.76. The number of aromatic nitrogens is 4. The molecule has 0 saturated carbocycles. The third-order valence-corrected chi connectivity index (χ3v) is 6.64. The summed E-state index contributed by atoms with van der Waals surface area (Å²) in [7, 11) is 0. The highest BCUT2D eigenvalue weighted by atomic mass is 19.4. The number of hydrogen-bond acceptors (Lipinski definition) is 5. The summed E-state index contributed by atoms with van der Waals surface area (Å²) in [6.07, 6.45) is -0.411. The van der Waals surface area contributed by atoms with Crippen molar-refractivity contribution in [2.75, 3.05) is 24.5 Å². The van der Waals surface area contributed by atoms with E-state index >= 15 is 0 Å². The number of amides is 1. The van der Waals surface area contributed by atoms with Crippen molar-refractivity contribution in [1.82, 2.24) is 24.7 Å². The number of hydrogen-bond donors (Lipinski definition) is 0. The van der Waals surface area contributed by atoms with Gasteiger partial charge in [0, 0.05) is 31.6 Å². The van der Waals surface area contributed by atoms with Gasteiger partial charge in [-0.25, -0.2) is 0 Å². The van der Waals surface area contributed by atoms with Crippen LogP contribution in [0.1, 0.15) is 37.1 Å².